The normalized spacial score (nSPS) is 10.5. The van der Waals surface area contributed by atoms with Crippen LogP contribution >= 0.6 is 0 Å². The summed E-state index contributed by atoms with van der Waals surface area (Å²) in [5.41, 5.74) is 5.04. The number of rotatable bonds is 7. The van der Waals surface area contributed by atoms with Gasteiger partial charge in [-0.25, -0.2) is 4.98 Å². The van der Waals surface area contributed by atoms with E-state index in [-0.39, 0.29) is 5.78 Å². The molecule has 0 aliphatic carbocycles. The van der Waals surface area contributed by atoms with Gasteiger partial charge in [0.15, 0.2) is 5.78 Å². The molecule has 0 aliphatic rings. The molecule has 0 radical (unpaired) electrons. The van der Waals surface area contributed by atoms with Crippen molar-refractivity contribution in [1.29, 1.82) is 0 Å². The van der Waals surface area contributed by atoms with Gasteiger partial charge in [-0.15, -0.1) is 0 Å². The molecule has 2 N–H and O–H groups in total. The molecule has 0 aliphatic heterocycles. The molecular weight excluding hydrogens is 336 g/mol. The zero-order valence-corrected chi connectivity index (χ0v) is 15.9. The number of ketones is 1. The Labute approximate surface area is 159 Å². The van der Waals surface area contributed by atoms with Crippen LogP contribution in [-0.2, 0) is 12.8 Å². The predicted molar refractivity (Wildman–Crippen MR) is 110 cm³/mol. The number of carbonyl (C=O) groups is 1. The van der Waals surface area contributed by atoms with E-state index in [2.05, 4.69) is 52.6 Å². The number of para-hydroxylation sites is 1. The zero-order chi connectivity index (χ0) is 19.2. The summed E-state index contributed by atoms with van der Waals surface area (Å²) >= 11 is 0. The van der Waals surface area contributed by atoms with Crippen molar-refractivity contribution in [2.24, 2.45) is 0 Å². The fourth-order valence-corrected chi connectivity index (χ4v) is 2.97. The molecule has 0 atom stereocenters. The van der Waals surface area contributed by atoms with E-state index >= 15 is 0 Å². The topological polar surface area (TPSA) is 66.9 Å². The number of aromatic nitrogens is 2. The summed E-state index contributed by atoms with van der Waals surface area (Å²) in [5.74, 6) is 1.24. The number of benzene rings is 2. The van der Waals surface area contributed by atoms with E-state index in [0.717, 1.165) is 24.2 Å². The first-order chi connectivity index (χ1) is 13.1. The van der Waals surface area contributed by atoms with Crippen molar-refractivity contribution in [3.8, 4) is 0 Å². The van der Waals surface area contributed by atoms with Crippen LogP contribution in [0.15, 0.2) is 54.7 Å². The number of aryl methyl sites for hydroxylation is 2. The van der Waals surface area contributed by atoms with Crippen LogP contribution in [-0.4, -0.2) is 15.8 Å². The van der Waals surface area contributed by atoms with Crippen molar-refractivity contribution in [2.75, 3.05) is 10.6 Å². The Bertz CT molecular complexity index is 930. The van der Waals surface area contributed by atoms with Crippen molar-refractivity contribution in [2.45, 2.75) is 33.6 Å². The molecule has 5 heteroatoms. The van der Waals surface area contributed by atoms with E-state index in [1.807, 2.05) is 18.2 Å². The Morgan fingerprint density at radius 2 is 1.67 bits per heavy atom. The van der Waals surface area contributed by atoms with Crippen LogP contribution in [0.2, 0.25) is 0 Å². The molecule has 5 nitrogen and oxygen atoms in total. The smallest absolute Gasteiger partial charge is 0.229 e. The molecule has 0 amide bonds. The second-order valence-corrected chi connectivity index (χ2v) is 6.31. The first-order valence-electron chi connectivity index (χ1n) is 9.19. The zero-order valence-electron chi connectivity index (χ0n) is 15.9. The molecular formula is C22H24N4O. The van der Waals surface area contributed by atoms with Crippen molar-refractivity contribution in [3.63, 3.8) is 0 Å². The van der Waals surface area contributed by atoms with E-state index in [1.54, 1.807) is 25.3 Å². The quantitative estimate of drug-likeness (QED) is 0.560. The minimum absolute atomic E-state index is 0.0342. The first-order valence-corrected chi connectivity index (χ1v) is 9.19. The Kier molecular flexibility index (Phi) is 5.81. The van der Waals surface area contributed by atoms with Crippen LogP contribution < -0.4 is 10.6 Å². The molecule has 3 aromatic rings. The fourth-order valence-electron chi connectivity index (χ4n) is 2.97. The summed E-state index contributed by atoms with van der Waals surface area (Å²) in [6, 6.07) is 15.5. The van der Waals surface area contributed by atoms with Gasteiger partial charge in [0.2, 0.25) is 5.95 Å². The van der Waals surface area contributed by atoms with E-state index in [4.69, 9.17) is 0 Å². The predicted octanol–water partition coefficient (Wildman–Crippen LogP) is 5.29. The van der Waals surface area contributed by atoms with Crippen LogP contribution in [0, 0.1) is 0 Å². The van der Waals surface area contributed by atoms with Gasteiger partial charge in [-0.05, 0) is 49.1 Å². The van der Waals surface area contributed by atoms with Crippen molar-refractivity contribution in [3.05, 3.63) is 71.4 Å². The van der Waals surface area contributed by atoms with Crippen molar-refractivity contribution < 1.29 is 4.79 Å². The van der Waals surface area contributed by atoms with Gasteiger partial charge in [0, 0.05) is 23.1 Å². The number of hydrogen-bond donors (Lipinski definition) is 2. The minimum Gasteiger partial charge on any atom is -0.340 e. The summed E-state index contributed by atoms with van der Waals surface area (Å²) in [5, 5.41) is 6.62. The van der Waals surface area contributed by atoms with E-state index in [0.29, 0.717) is 17.3 Å². The summed E-state index contributed by atoms with van der Waals surface area (Å²) in [6.07, 6.45) is 3.59. The fraction of sp³-hybridized carbons (Fsp3) is 0.227. The lowest BCUT2D eigenvalue weighted by Gasteiger charge is -2.15. The number of Topliss-reactive ketones (excluding diaryl/α,β-unsaturated/α-hetero) is 1. The van der Waals surface area contributed by atoms with Crippen LogP contribution in [0.5, 0.6) is 0 Å². The van der Waals surface area contributed by atoms with Crippen LogP contribution in [0.3, 0.4) is 0 Å². The van der Waals surface area contributed by atoms with Gasteiger partial charge in [-0.2, -0.15) is 4.98 Å². The maximum atomic E-state index is 11.6. The van der Waals surface area contributed by atoms with E-state index in [1.165, 1.54) is 11.1 Å². The van der Waals surface area contributed by atoms with Gasteiger partial charge in [0.25, 0.3) is 0 Å². The third-order valence-corrected chi connectivity index (χ3v) is 4.43. The molecule has 1 heterocycles. The molecule has 0 unspecified atom stereocenters. The van der Waals surface area contributed by atoms with Crippen LogP contribution in [0.25, 0.3) is 0 Å². The SMILES string of the molecule is CCc1cccc(CC)c1Nc1nccc(Nc2cccc(C(C)=O)c2)n1. The summed E-state index contributed by atoms with van der Waals surface area (Å²) in [7, 11) is 0. The number of nitrogens with zero attached hydrogens (tertiary/aromatic N) is 2. The maximum Gasteiger partial charge on any atom is 0.229 e. The van der Waals surface area contributed by atoms with Gasteiger partial charge in [0.05, 0.1) is 0 Å². The maximum absolute atomic E-state index is 11.6. The molecule has 27 heavy (non-hydrogen) atoms. The monoisotopic (exact) mass is 360 g/mol. The molecule has 138 valence electrons. The molecule has 0 spiro atoms. The highest BCUT2D eigenvalue weighted by Gasteiger charge is 2.09. The van der Waals surface area contributed by atoms with Gasteiger partial charge in [0.1, 0.15) is 5.82 Å². The van der Waals surface area contributed by atoms with Gasteiger partial charge in [-0.1, -0.05) is 44.2 Å². The Morgan fingerprint density at radius 3 is 2.33 bits per heavy atom. The summed E-state index contributed by atoms with van der Waals surface area (Å²) in [4.78, 5) is 20.5. The Balaban J connectivity index is 1.85. The number of hydrogen-bond acceptors (Lipinski definition) is 5. The molecule has 2 aromatic carbocycles. The second-order valence-electron chi connectivity index (χ2n) is 6.31. The summed E-state index contributed by atoms with van der Waals surface area (Å²) in [6.45, 7) is 5.84. The van der Waals surface area contributed by atoms with Crippen molar-refractivity contribution >= 4 is 28.9 Å². The van der Waals surface area contributed by atoms with Gasteiger partial charge < -0.3 is 10.6 Å². The number of anilines is 4. The van der Waals surface area contributed by atoms with E-state index < -0.39 is 0 Å². The van der Waals surface area contributed by atoms with Crippen LogP contribution in [0.4, 0.5) is 23.1 Å². The largest absolute Gasteiger partial charge is 0.340 e. The molecule has 0 bridgehead atoms. The average Bonchev–Trinajstić information content (AvgIpc) is 2.68. The number of nitrogens with one attached hydrogen (secondary N) is 2. The third-order valence-electron chi connectivity index (χ3n) is 4.43. The van der Waals surface area contributed by atoms with Gasteiger partial charge >= 0.3 is 0 Å². The lowest BCUT2D eigenvalue weighted by atomic mass is 10.0. The highest BCUT2D eigenvalue weighted by molar-refractivity contribution is 5.95. The molecule has 0 saturated carbocycles. The highest BCUT2D eigenvalue weighted by atomic mass is 16.1. The standard InChI is InChI=1S/C22H24N4O/c1-4-16-8-6-9-17(5-2)21(16)26-22-23-13-12-20(25-22)24-19-11-7-10-18(14-19)15(3)27/h6-14H,4-5H2,1-3H3,(H2,23,24,25,26). The highest BCUT2D eigenvalue weighted by Crippen LogP contribution is 2.26. The Hall–Kier alpha value is -3.21. The van der Waals surface area contributed by atoms with Gasteiger partial charge in [-0.3, -0.25) is 4.79 Å². The van der Waals surface area contributed by atoms with E-state index in [9.17, 15) is 4.79 Å². The lowest BCUT2D eigenvalue weighted by molar-refractivity contribution is 0.101. The third kappa shape index (κ3) is 4.50. The lowest BCUT2D eigenvalue weighted by Crippen LogP contribution is -2.04. The minimum atomic E-state index is 0.0342. The van der Waals surface area contributed by atoms with Crippen molar-refractivity contribution in [1.82, 2.24) is 9.97 Å². The average molecular weight is 360 g/mol. The molecule has 0 fully saturated rings. The summed E-state index contributed by atoms with van der Waals surface area (Å²) < 4.78 is 0. The van der Waals surface area contributed by atoms with Crippen LogP contribution in [0.1, 0.15) is 42.3 Å². The second kappa shape index (κ2) is 8.45. The number of carbonyl (C=O) groups excluding carboxylic acids is 1. The Morgan fingerprint density at radius 1 is 0.963 bits per heavy atom. The molecule has 3 rings (SSSR count). The first kappa shape index (κ1) is 18.6. The molecule has 0 saturated heterocycles. The molecule has 1 aromatic heterocycles.